The number of anilines is 1. The summed E-state index contributed by atoms with van der Waals surface area (Å²) in [5.41, 5.74) is 8.10. The Kier molecular flexibility index (Phi) is 4.75. The molecule has 6 nitrogen and oxygen atoms in total. The normalized spacial score (nSPS) is 17.3. The summed E-state index contributed by atoms with van der Waals surface area (Å²) in [6.45, 7) is 4.13. The third-order valence-corrected chi connectivity index (χ3v) is 7.36. The molecule has 0 bridgehead atoms. The molecular weight excluding hydrogens is 416 g/mol. The first-order chi connectivity index (χ1) is 14.2. The lowest BCUT2D eigenvalue weighted by Crippen LogP contribution is -2.41. The average Bonchev–Trinajstić information content (AvgIpc) is 3.47. The van der Waals surface area contributed by atoms with E-state index >= 15 is 0 Å². The number of rotatable bonds is 2. The van der Waals surface area contributed by atoms with Gasteiger partial charge in [0.05, 0.1) is 22.3 Å². The van der Waals surface area contributed by atoms with Crippen molar-refractivity contribution in [2.24, 2.45) is 5.41 Å². The van der Waals surface area contributed by atoms with Crippen molar-refractivity contribution in [3.05, 3.63) is 59.3 Å². The van der Waals surface area contributed by atoms with Crippen LogP contribution in [0.5, 0.6) is 0 Å². The van der Waals surface area contributed by atoms with E-state index in [9.17, 15) is 0 Å². The lowest BCUT2D eigenvalue weighted by atomic mass is 9.76. The molecule has 0 radical (unpaired) electrons. The molecule has 1 fully saturated rings. The van der Waals surface area contributed by atoms with Crippen molar-refractivity contribution in [3.63, 3.8) is 0 Å². The smallest absolute Gasteiger partial charge is 0.155 e. The molecule has 0 aromatic carbocycles. The fourth-order valence-corrected chi connectivity index (χ4v) is 5.78. The molecule has 0 unspecified atom stereocenters. The number of hydrogen-bond acceptors (Lipinski definition) is 6. The molecule has 1 saturated heterocycles. The summed E-state index contributed by atoms with van der Waals surface area (Å²) in [6, 6.07) is 6.40. The highest BCUT2D eigenvalue weighted by atomic mass is 35.5. The van der Waals surface area contributed by atoms with Crippen molar-refractivity contribution in [1.82, 2.24) is 24.6 Å². The molecule has 8 heteroatoms. The zero-order valence-corrected chi connectivity index (χ0v) is 18.4. The van der Waals surface area contributed by atoms with Crippen LogP contribution in [-0.4, -0.2) is 37.7 Å². The zero-order valence-electron chi connectivity index (χ0n) is 16.8. The van der Waals surface area contributed by atoms with Crippen molar-refractivity contribution in [2.45, 2.75) is 32.6 Å². The van der Waals surface area contributed by atoms with Gasteiger partial charge in [0, 0.05) is 31.2 Å². The minimum absolute atomic E-state index is 0. The summed E-state index contributed by atoms with van der Waals surface area (Å²) in [4.78, 5) is 17.4. The van der Waals surface area contributed by atoms with Crippen molar-refractivity contribution >= 4 is 35.1 Å². The predicted molar refractivity (Wildman–Crippen MR) is 122 cm³/mol. The highest BCUT2D eigenvalue weighted by molar-refractivity contribution is 7.13. The van der Waals surface area contributed by atoms with Gasteiger partial charge in [-0.3, -0.25) is 9.97 Å². The van der Waals surface area contributed by atoms with Crippen LogP contribution in [0, 0.1) is 12.3 Å². The zero-order chi connectivity index (χ0) is 19.4. The van der Waals surface area contributed by atoms with Gasteiger partial charge in [0.1, 0.15) is 11.2 Å². The van der Waals surface area contributed by atoms with Crippen LogP contribution in [0.4, 0.5) is 5.82 Å². The van der Waals surface area contributed by atoms with Gasteiger partial charge in [0.2, 0.25) is 0 Å². The second-order valence-corrected chi connectivity index (χ2v) is 9.20. The number of hydrogen-bond donors (Lipinski definition) is 0. The van der Waals surface area contributed by atoms with Gasteiger partial charge >= 0.3 is 0 Å². The van der Waals surface area contributed by atoms with Gasteiger partial charge in [-0.2, -0.15) is 5.10 Å². The minimum atomic E-state index is 0. The lowest BCUT2D eigenvalue weighted by Gasteiger charge is -2.40. The Balaban J connectivity index is 0.00000193. The van der Waals surface area contributed by atoms with E-state index in [1.54, 1.807) is 11.3 Å². The highest BCUT2D eigenvalue weighted by Crippen LogP contribution is 2.45. The summed E-state index contributed by atoms with van der Waals surface area (Å²) in [5, 5.41) is 4.61. The maximum Gasteiger partial charge on any atom is 0.155 e. The molecule has 1 aliphatic heterocycles. The first-order valence-corrected chi connectivity index (χ1v) is 11.0. The molecule has 0 saturated carbocycles. The Labute approximate surface area is 185 Å². The van der Waals surface area contributed by atoms with Crippen LogP contribution in [0.1, 0.15) is 29.8 Å². The highest BCUT2D eigenvalue weighted by Gasteiger charge is 2.41. The van der Waals surface area contributed by atoms with E-state index in [4.69, 9.17) is 4.98 Å². The third-order valence-electron chi connectivity index (χ3n) is 6.58. The molecule has 30 heavy (non-hydrogen) atoms. The van der Waals surface area contributed by atoms with Gasteiger partial charge in [-0.25, -0.2) is 9.50 Å². The van der Waals surface area contributed by atoms with E-state index in [2.05, 4.69) is 45.1 Å². The number of thiazole rings is 1. The molecule has 154 valence electrons. The van der Waals surface area contributed by atoms with Gasteiger partial charge in [0.15, 0.2) is 5.82 Å². The summed E-state index contributed by atoms with van der Waals surface area (Å²) in [7, 11) is 0. The van der Waals surface area contributed by atoms with Crippen molar-refractivity contribution in [2.75, 3.05) is 18.0 Å². The third kappa shape index (κ3) is 2.99. The molecule has 4 aromatic heterocycles. The van der Waals surface area contributed by atoms with Crippen molar-refractivity contribution < 1.29 is 0 Å². The largest absolute Gasteiger partial charge is 0.355 e. The number of nitrogens with zero attached hydrogens (tertiary/aromatic N) is 6. The van der Waals surface area contributed by atoms with E-state index in [0.717, 1.165) is 47.1 Å². The molecule has 4 aromatic rings. The van der Waals surface area contributed by atoms with Gasteiger partial charge in [0.25, 0.3) is 0 Å². The summed E-state index contributed by atoms with van der Waals surface area (Å²) in [6.07, 6.45) is 10.3. The summed E-state index contributed by atoms with van der Waals surface area (Å²) < 4.78 is 2.03. The molecule has 1 spiro atoms. The second-order valence-electron chi connectivity index (χ2n) is 8.31. The molecule has 1 aliphatic carbocycles. The Morgan fingerprint density at radius 3 is 2.73 bits per heavy atom. The molecular formula is C22H23ClN6S. The van der Waals surface area contributed by atoms with Crippen LogP contribution < -0.4 is 4.90 Å². The Bertz CT molecular complexity index is 1170. The van der Waals surface area contributed by atoms with E-state index in [1.165, 1.54) is 30.5 Å². The van der Waals surface area contributed by atoms with Crippen LogP contribution in [0.25, 0.3) is 16.1 Å². The first kappa shape index (κ1) is 19.5. The van der Waals surface area contributed by atoms with Crippen LogP contribution >= 0.6 is 23.7 Å². The second kappa shape index (κ2) is 7.32. The van der Waals surface area contributed by atoms with Crippen LogP contribution in [0.2, 0.25) is 0 Å². The number of aromatic nitrogens is 5. The molecule has 0 atom stereocenters. The van der Waals surface area contributed by atoms with Gasteiger partial charge in [-0.15, -0.1) is 23.7 Å². The number of halogens is 1. The average molecular weight is 439 g/mol. The van der Waals surface area contributed by atoms with Gasteiger partial charge < -0.3 is 4.90 Å². The SMILES string of the molecule is Cc1nc(N2CCC3(CC2)Cc2cccnc2C3)c2ccnn2c1-c1cncs1.Cl. The van der Waals surface area contributed by atoms with E-state index in [-0.39, 0.29) is 12.4 Å². The lowest BCUT2D eigenvalue weighted by molar-refractivity contribution is 0.231. The number of fused-ring (bicyclic) bond motifs is 2. The van der Waals surface area contributed by atoms with Gasteiger partial charge in [-0.05, 0) is 55.7 Å². The maximum atomic E-state index is 5.04. The van der Waals surface area contributed by atoms with Gasteiger partial charge in [-0.1, -0.05) is 6.07 Å². The van der Waals surface area contributed by atoms with Crippen LogP contribution in [0.15, 0.2) is 42.3 Å². The van der Waals surface area contributed by atoms with Crippen molar-refractivity contribution in [3.8, 4) is 10.6 Å². The summed E-state index contributed by atoms with van der Waals surface area (Å²) >= 11 is 1.63. The van der Waals surface area contributed by atoms with Crippen molar-refractivity contribution in [1.29, 1.82) is 0 Å². The first-order valence-electron chi connectivity index (χ1n) is 10.1. The fourth-order valence-electron chi connectivity index (χ4n) is 5.08. The topological polar surface area (TPSA) is 59.2 Å². The van der Waals surface area contributed by atoms with E-state index in [0.29, 0.717) is 5.41 Å². The van der Waals surface area contributed by atoms with E-state index in [1.807, 2.05) is 28.6 Å². The van der Waals surface area contributed by atoms with E-state index < -0.39 is 0 Å². The Morgan fingerprint density at radius 2 is 1.97 bits per heavy atom. The molecule has 5 heterocycles. The minimum Gasteiger partial charge on any atom is -0.355 e. The predicted octanol–water partition coefficient (Wildman–Crippen LogP) is 4.36. The quantitative estimate of drug-likeness (QED) is 0.465. The Hall–Kier alpha value is -2.51. The monoisotopic (exact) mass is 438 g/mol. The summed E-state index contributed by atoms with van der Waals surface area (Å²) in [5.74, 6) is 1.05. The standard InChI is InChI=1S/C22H22N6S.ClH/c1-15-20(19-13-23-14-29-19)28-18(4-8-25-28)21(26-15)27-9-5-22(6-10-27)11-16-3-2-7-24-17(16)12-22;/h2-4,7-8,13-14H,5-6,9-12H2,1H3;1H. The van der Waals surface area contributed by atoms with Crippen LogP contribution in [-0.2, 0) is 12.8 Å². The molecule has 2 aliphatic rings. The molecule has 0 N–H and O–H groups in total. The molecule has 0 amide bonds. The number of aryl methyl sites for hydroxylation is 1. The Morgan fingerprint density at radius 1 is 1.10 bits per heavy atom. The number of pyridine rings is 1. The number of piperidine rings is 1. The maximum absolute atomic E-state index is 5.04. The fraction of sp³-hybridized carbons (Fsp3) is 0.364. The molecule has 6 rings (SSSR count). The van der Waals surface area contributed by atoms with Crippen LogP contribution in [0.3, 0.4) is 0 Å².